The molecule has 158 valence electrons. The summed E-state index contributed by atoms with van der Waals surface area (Å²) in [5, 5.41) is 0. The maximum Gasteiger partial charge on any atom is -0.00258 e. The lowest BCUT2D eigenvalue weighted by molar-refractivity contribution is 1.19. The van der Waals surface area contributed by atoms with Crippen molar-refractivity contribution in [2.75, 3.05) is 0 Å². The molecule has 0 unspecified atom stereocenters. The van der Waals surface area contributed by atoms with Gasteiger partial charge in [0.25, 0.3) is 0 Å². The van der Waals surface area contributed by atoms with Gasteiger partial charge in [0.05, 0.1) is 0 Å². The maximum absolute atomic E-state index is 2.28. The first-order valence-electron chi connectivity index (χ1n) is 11.4. The van der Waals surface area contributed by atoms with Crippen LogP contribution in [-0.2, 0) is 6.42 Å². The zero-order chi connectivity index (χ0) is 22.3. The molecule has 5 aromatic rings. The highest BCUT2D eigenvalue weighted by molar-refractivity contribution is 5.91. The summed E-state index contributed by atoms with van der Waals surface area (Å²) in [6.45, 7) is 0. The van der Waals surface area contributed by atoms with Crippen molar-refractivity contribution in [2.45, 2.75) is 6.42 Å². The molecule has 0 aliphatic carbocycles. The van der Waals surface area contributed by atoms with Crippen molar-refractivity contribution in [1.29, 1.82) is 0 Å². The van der Waals surface area contributed by atoms with E-state index in [2.05, 4.69) is 146 Å². The van der Waals surface area contributed by atoms with E-state index in [-0.39, 0.29) is 0 Å². The second-order valence-corrected chi connectivity index (χ2v) is 8.27. The van der Waals surface area contributed by atoms with Crippen LogP contribution in [0.4, 0.5) is 0 Å². The van der Waals surface area contributed by atoms with Crippen molar-refractivity contribution in [3.05, 3.63) is 167 Å². The molecule has 0 radical (unpaired) electrons. The summed E-state index contributed by atoms with van der Waals surface area (Å²) in [6.07, 6.45) is 3.24. The van der Waals surface area contributed by atoms with E-state index in [0.29, 0.717) is 0 Å². The van der Waals surface area contributed by atoms with Crippen LogP contribution in [0.1, 0.15) is 27.8 Å². The minimum Gasteiger partial charge on any atom is -0.0622 e. The number of hydrogen-bond donors (Lipinski definition) is 0. The second-order valence-electron chi connectivity index (χ2n) is 8.27. The van der Waals surface area contributed by atoms with Gasteiger partial charge < -0.3 is 0 Å². The first-order valence-corrected chi connectivity index (χ1v) is 11.4. The molecule has 0 fully saturated rings. The van der Waals surface area contributed by atoms with Crippen LogP contribution < -0.4 is 0 Å². The molecule has 5 rings (SSSR count). The van der Waals surface area contributed by atoms with Crippen molar-refractivity contribution in [3.63, 3.8) is 0 Å². The molecule has 5 aromatic carbocycles. The van der Waals surface area contributed by atoms with Crippen molar-refractivity contribution in [1.82, 2.24) is 0 Å². The van der Waals surface area contributed by atoms with Crippen molar-refractivity contribution in [3.8, 4) is 11.1 Å². The Bertz CT molecular complexity index is 1270. The fourth-order valence-electron chi connectivity index (χ4n) is 4.15. The highest BCUT2D eigenvalue weighted by Gasteiger charge is 2.05. The number of rotatable bonds is 6. The van der Waals surface area contributed by atoms with Crippen molar-refractivity contribution < 1.29 is 0 Å². The molecule has 0 saturated heterocycles. The molecule has 0 spiro atoms. The summed E-state index contributed by atoms with van der Waals surface area (Å²) in [4.78, 5) is 0. The Labute approximate surface area is 196 Å². The minimum atomic E-state index is 0.965. The lowest BCUT2D eigenvalue weighted by Crippen LogP contribution is -1.89. The SMILES string of the molecule is C(=C(c1ccccc1)c1ccccc1)c1ccc(-c2ccc(Cc3ccccc3)cc2)cc1. The van der Waals surface area contributed by atoms with E-state index in [1.54, 1.807) is 0 Å². The van der Waals surface area contributed by atoms with Gasteiger partial charge in [-0.15, -0.1) is 0 Å². The largest absolute Gasteiger partial charge is 0.0622 e. The van der Waals surface area contributed by atoms with Gasteiger partial charge >= 0.3 is 0 Å². The average Bonchev–Trinajstić information content (AvgIpc) is 2.90. The van der Waals surface area contributed by atoms with Crippen molar-refractivity contribution >= 4 is 11.6 Å². The third-order valence-electron chi connectivity index (χ3n) is 5.93. The zero-order valence-corrected chi connectivity index (χ0v) is 18.6. The molecule has 0 aliphatic heterocycles. The molecule has 33 heavy (non-hydrogen) atoms. The molecule has 0 heterocycles. The molecule has 0 aromatic heterocycles. The number of hydrogen-bond acceptors (Lipinski definition) is 0. The van der Waals surface area contributed by atoms with Gasteiger partial charge in [-0.1, -0.05) is 140 Å². The molecule has 0 atom stereocenters. The van der Waals surface area contributed by atoms with E-state index in [9.17, 15) is 0 Å². The molecule has 0 nitrogen and oxygen atoms in total. The standard InChI is InChI=1S/C33H26/c1-4-10-26(11-5-1)24-27-16-20-29(21-17-27)30-22-18-28(19-23-30)25-33(31-12-6-2-7-13-31)32-14-8-3-9-15-32/h1-23,25H,24H2. The second kappa shape index (κ2) is 9.97. The van der Waals surface area contributed by atoms with E-state index in [4.69, 9.17) is 0 Å². The first-order chi connectivity index (χ1) is 16.3. The van der Waals surface area contributed by atoms with Crippen LogP contribution in [0.3, 0.4) is 0 Å². The van der Waals surface area contributed by atoms with Crippen LogP contribution in [0, 0.1) is 0 Å². The van der Waals surface area contributed by atoms with Crippen molar-refractivity contribution in [2.24, 2.45) is 0 Å². The lowest BCUT2D eigenvalue weighted by Gasteiger charge is -2.10. The summed E-state index contributed by atoms with van der Waals surface area (Å²) in [5.74, 6) is 0. The van der Waals surface area contributed by atoms with Gasteiger partial charge in [0.1, 0.15) is 0 Å². The van der Waals surface area contributed by atoms with Crippen LogP contribution in [-0.4, -0.2) is 0 Å². The van der Waals surface area contributed by atoms with E-state index < -0.39 is 0 Å². The maximum atomic E-state index is 2.28. The van der Waals surface area contributed by atoms with Crippen LogP contribution in [0.15, 0.2) is 140 Å². The summed E-state index contributed by atoms with van der Waals surface area (Å²) in [5.41, 5.74) is 10.0. The summed E-state index contributed by atoms with van der Waals surface area (Å²) in [6, 6.07) is 49.6. The van der Waals surface area contributed by atoms with Crippen LogP contribution >= 0.6 is 0 Å². The van der Waals surface area contributed by atoms with Gasteiger partial charge in [-0.3, -0.25) is 0 Å². The predicted octanol–water partition coefficient (Wildman–Crippen LogP) is 8.53. The molecule has 0 amide bonds. The predicted molar refractivity (Wildman–Crippen MR) is 141 cm³/mol. The van der Waals surface area contributed by atoms with Gasteiger partial charge in [0.2, 0.25) is 0 Å². The molecule has 0 bridgehead atoms. The summed E-state index contributed by atoms with van der Waals surface area (Å²) >= 11 is 0. The third-order valence-corrected chi connectivity index (χ3v) is 5.93. The third kappa shape index (κ3) is 5.19. The van der Waals surface area contributed by atoms with Crippen LogP contribution in [0.25, 0.3) is 22.8 Å². The lowest BCUT2D eigenvalue weighted by atomic mass is 9.95. The van der Waals surface area contributed by atoms with Gasteiger partial charge in [0.15, 0.2) is 0 Å². The molecule has 0 saturated carbocycles. The van der Waals surface area contributed by atoms with E-state index >= 15 is 0 Å². The average molecular weight is 423 g/mol. The molecule has 0 aliphatic rings. The monoisotopic (exact) mass is 422 g/mol. The highest BCUT2D eigenvalue weighted by atomic mass is 14.1. The van der Waals surface area contributed by atoms with Crippen LogP contribution in [0.5, 0.6) is 0 Å². The molecular weight excluding hydrogens is 396 g/mol. The first kappa shape index (κ1) is 20.7. The van der Waals surface area contributed by atoms with E-state index in [1.165, 1.54) is 44.5 Å². The molecule has 0 N–H and O–H groups in total. The summed E-state index contributed by atoms with van der Waals surface area (Å²) in [7, 11) is 0. The normalized spacial score (nSPS) is 10.5. The fraction of sp³-hybridized carbons (Fsp3) is 0.0303. The highest BCUT2D eigenvalue weighted by Crippen LogP contribution is 2.27. The zero-order valence-electron chi connectivity index (χ0n) is 18.6. The quantitative estimate of drug-likeness (QED) is 0.241. The smallest absolute Gasteiger partial charge is 0.00258 e. The Morgan fingerprint density at radius 3 is 1.36 bits per heavy atom. The Kier molecular flexibility index (Phi) is 6.26. The van der Waals surface area contributed by atoms with Crippen LogP contribution in [0.2, 0.25) is 0 Å². The van der Waals surface area contributed by atoms with Gasteiger partial charge in [-0.25, -0.2) is 0 Å². The number of benzene rings is 5. The van der Waals surface area contributed by atoms with E-state index in [0.717, 1.165) is 6.42 Å². The Morgan fingerprint density at radius 1 is 0.424 bits per heavy atom. The van der Waals surface area contributed by atoms with Gasteiger partial charge in [-0.05, 0) is 57.0 Å². The van der Waals surface area contributed by atoms with E-state index in [1.807, 2.05) is 0 Å². The summed E-state index contributed by atoms with van der Waals surface area (Å²) < 4.78 is 0. The van der Waals surface area contributed by atoms with Gasteiger partial charge in [-0.2, -0.15) is 0 Å². The Balaban J connectivity index is 1.39. The molecular formula is C33H26. The Hall–Kier alpha value is -4.16. The minimum absolute atomic E-state index is 0.965. The topological polar surface area (TPSA) is 0 Å². The van der Waals surface area contributed by atoms with Gasteiger partial charge in [0, 0.05) is 0 Å². The Morgan fingerprint density at radius 2 is 0.848 bits per heavy atom. The fourth-order valence-corrected chi connectivity index (χ4v) is 4.15. The molecule has 0 heteroatoms.